The maximum Gasteiger partial charge on any atom is 0.130 e. The van der Waals surface area contributed by atoms with E-state index in [9.17, 15) is 0 Å². The first-order valence-electron chi connectivity index (χ1n) is 8.02. The molecule has 5 heteroatoms. The van der Waals surface area contributed by atoms with Crippen molar-refractivity contribution in [3.63, 3.8) is 0 Å². The van der Waals surface area contributed by atoms with Gasteiger partial charge in [0.05, 0.1) is 10.7 Å². The standard InChI is InChI=1S/C18H24ClN3O/c1-3-22(4-2)11-5-6-14-12-16(9-10-21-14)23-15-7-8-18(20)17(19)13-15/h7-10,12-13H,3-6,11,20H2,1-2H3. The predicted molar refractivity (Wildman–Crippen MR) is 96.3 cm³/mol. The molecule has 0 amide bonds. The predicted octanol–water partition coefficient (Wildman–Crippen LogP) is 4.38. The molecule has 0 spiro atoms. The molecule has 0 fully saturated rings. The lowest BCUT2D eigenvalue weighted by molar-refractivity contribution is 0.299. The number of nitrogens with zero attached hydrogens (tertiary/aromatic N) is 2. The van der Waals surface area contributed by atoms with Crippen LogP contribution in [0.4, 0.5) is 5.69 Å². The Hall–Kier alpha value is -1.78. The number of nitrogens with two attached hydrogens (primary N) is 1. The smallest absolute Gasteiger partial charge is 0.130 e. The van der Waals surface area contributed by atoms with Gasteiger partial charge in [-0.15, -0.1) is 0 Å². The first-order chi connectivity index (χ1) is 11.1. The number of aromatic nitrogens is 1. The molecule has 23 heavy (non-hydrogen) atoms. The Morgan fingerprint density at radius 2 is 1.87 bits per heavy atom. The molecular formula is C18H24ClN3O. The van der Waals surface area contributed by atoms with Crippen LogP contribution in [0.5, 0.6) is 11.5 Å². The van der Waals surface area contributed by atoms with E-state index >= 15 is 0 Å². The zero-order valence-electron chi connectivity index (χ0n) is 13.8. The summed E-state index contributed by atoms with van der Waals surface area (Å²) in [6.07, 6.45) is 3.81. The Kier molecular flexibility index (Phi) is 6.68. The van der Waals surface area contributed by atoms with Crippen molar-refractivity contribution in [2.45, 2.75) is 26.7 Å². The molecule has 0 saturated carbocycles. The minimum Gasteiger partial charge on any atom is -0.457 e. The van der Waals surface area contributed by atoms with E-state index in [1.807, 2.05) is 18.2 Å². The van der Waals surface area contributed by atoms with Crippen LogP contribution in [0.3, 0.4) is 0 Å². The van der Waals surface area contributed by atoms with Gasteiger partial charge < -0.3 is 15.4 Å². The van der Waals surface area contributed by atoms with E-state index in [0.29, 0.717) is 16.5 Å². The molecule has 0 aliphatic rings. The number of rotatable bonds is 8. The summed E-state index contributed by atoms with van der Waals surface area (Å²) in [5.41, 5.74) is 7.29. The van der Waals surface area contributed by atoms with Crippen molar-refractivity contribution >= 4 is 17.3 Å². The van der Waals surface area contributed by atoms with Crippen LogP contribution in [0.25, 0.3) is 0 Å². The van der Waals surface area contributed by atoms with Crippen molar-refractivity contribution in [1.29, 1.82) is 0 Å². The summed E-state index contributed by atoms with van der Waals surface area (Å²) in [6.45, 7) is 7.64. The topological polar surface area (TPSA) is 51.4 Å². The summed E-state index contributed by atoms with van der Waals surface area (Å²) >= 11 is 6.01. The second-order valence-electron chi connectivity index (χ2n) is 5.40. The van der Waals surface area contributed by atoms with Crippen molar-refractivity contribution in [3.05, 3.63) is 47.2 Å². The van der Waals surface area contributed by atoms with Gasteiger partial charge in [-0.05, 0) is 50.7 Å². The Morgan fingerprint density at radius 3 is 2.57 bits per heavy atom. The van der Waals surface area contributed by atoms with Crippen LogP contribution in [0.1, 0.15) is 26.0 Å². The SMILES string of the molecule is CCN(CC)CCCc1cc(Oc2ccc(N)c(Cl)c2)ccn1. The molecule has 2 N–H and O–H groups in total. The van der Waals surface area contributed by atoms with Crippen LogP contribution in [-0.2, 0) is 6.42 Å². The first kappa shape index (κ1) is 17.6. The van der Waals surface area contributed by atoms with Gasteiger partial charge in [0.15, 0.2) is 0 Å². The zero-order chi connectivity index (χ0) is 16.7. The van der Waals surface area contributed by atoms with Crippen LogP contribution in [0.2, 0.25) is 5.02 Å². The van der Waals surface area contributed by atoms with Gasteiger partial charge in [0.1, 0.15) is 11.5 Å². The highest BCUT2D eigenvalue weighted by Crippen LogP contribution is 2.28. The third-order valence-electron chi connectivity index (χ3n) is 3.80. The molecular weight excluding hydrogens is 310 g/mol. The number of pyridine rings is 1. The average molecular weight is 334 g/mol. The number of ether oxygens (including phenoxy) is 1. The second-order valence-corrected chi connectivity index (χ2v) is 5.81. The number of benzene rings is 1. The second kappa shape index (κ2) is 8.75. The van der Waals surface area contributed by atoms with Crippen LogP contribution < -0.4 is 10.5 Å². The molecule has 124 valence electrons. The van der Waals surface area contributed by atoms with E-state index in [-0.39, 0.29) is 0 Å². The quantitative estimate of drug-likeness (QED) is 0.728. The molecule has 4 nitrogen and oxygen atoms in total. The highest BCUT2D eigenvalue weighted by Gasteiger charge is 2.04. The fourth-order valence-corrected chi connectivity index (χ4v) is 2.56. The number of hydrogen-bond donors (Lipinski definition) is 1. The van der Waals surface area contributed by atoms with Gasteiger partial charge in [-0.1, -0.05) is 25.4 Å². The van der Waals surface area contributed by atoms with E-state index in [1.54, 1.807) is 18.3 Å². The van der Waals surface area contributed by atoms with Crippen LogP contribution >= 0.6 is 11.6 Å². The fourth-order valence-electron chi connectivity index (χ4n) is 2.39. The van der Waals surface area contributed by atoms with Crippen LogP contribution in [0, 0.1) is 0 Å². The molecule has 1 heterocycles. The number of anilines is 1. The molecule has 2 aromatic rings. The van der Waals surface area contributed by atoms with E-state index < -0.39 is 0 Å². The summed E-state index contributed by atoms with van der Waals surface area (Å²) in [6, 6.07) is 9.09. The molecule has 0 atom stereocenters. The molecule has 2 rings (SSSR count). The first-order valence-corrected chi connectivity index (χ1v) is 8.40. The van der Waals surface area contributed by atoms with Gasteiger partial charge in [-0.25, -0.2) is 0 Å². The lowest BCUT2D eigenvalue weighted by Crippen LogP contribution is -2.24. The molecule has 0 bridgehead atoms. The van der Waals surface area contributed by atoms with Crippen molar-refractivity contribution in [3.8, 4) is 11.5 Å². The number of aryl methyl sites for hydroxylation is 1. The number of hydrogen-bond acceptors (Lipinski definition) is 4. The molecule has 0 aliphatic carbocycles. The van der Waals surface area contributed by atoms with Gasteiger partial charge in [0, 0.05) is 24.0 Å². The number of halogens is 1. The molecule has 1 aromatic carbocycles. The third kappa shape index (κ3) is 5.41. The molecule has 0 unspecified atom stereocenters. The minimum atomic E-state index is 0.496. The Labute approximate surface area is 143 Å². The van der Waals surface area contributed by atoms with Gasteiger partial charge in [0.2, 0.25) is 0 Å². The molecule has 1 aromatic heterocycles. The average Bonchev–Trinajstić information content (AvgIpc) is 2.55. The highest BCUT2D eigenvalue weighted by atomic mass is 35.5. The third-order valence-corrected chi connectivity index (χ3v) is 4.12. The summed E-state index contributed by atoms with van der Waals surface area (Å²) < 4.78 is 5.83. The van der Waals surface area contributed by atoms with Crippen molar-refractivity contribution in [2.24, 2.45) is 0 Å². The van der Waals surface area contributed by atoms with E-state index in [1.165, 1.54) is 0 Å². The molecule has 0 radical (unpaired) electrons. The van der Waals surface area contributed by atoms with Gasteiger partial charge in [0.25, 0.3) is 0 Å². The van der Waals surface area contributed by atoms with E-state index in [2.05, 4.69) is 23.7 Å². The zero-order valence-corrected chi connectivity index (χ0v) is 14.5. The summed E-state index contributed by atoms with van der Waals surface area (Å²) in [7, 11) is 0. The maximum atomic E-state index is 6.01. The lowest BCUT2D eigenvalue weighted by atomic mass is 10.2. The van der Waals surface area contributed by atoms with Gasteiger partial charge in [-0.3, -0.25) is 4.98 Å². The minimum absolute atomic E-state index is 0.496. The van der Waals surface area contributed by atoms with Crippen molar-refractivity contribution in [1.82, 2.24) is 9.88 Å². The summed E-state index contributed by atoms with van der Waals surface area (Å²) in [5.74, 6) is 1.43. The van der Waals surface area contributed by atoms with E-state index in [0.717, 1.165) is 43.9 Å². The van der Waals surface area contributed by atoms with Gasteiger partial charge in [-0.2, -0.15) is 0 Å². The maximum absolute atomic E-state index is 6.01. The normalized spacial score (nSPS) is 11.0. The Morgan fingerprint density at radius 1 is 1.13 bits per heavy atom. The monoisotopic (exact) mass is 333 g/mol. The molecule has 0 saturated heterocycles. The fraction of sp³-hybridized carbons (Fsp3) is 0.389. The van der Waals surface area contributed by atoms with Gasteiger partial charge >= 0.3 is 0 Å². The lowest BCUT2D eigenvalue weighted by Gasteiger charge is -2.17. The van der Waals surface area contributed by atoms with Crippen molar-refractivity contribution in [2.75, 3.05) is 25.4 Å². The van der Waals surface area contributed by atoms with E-state index in [4.69, 9.17) is 22.1 Å². The number of nitrogen functional groups attached to an aromatic ring is 1. The Bertz CT molecular complexity index is 629. The van der Waals surface area contributed by atoms with Crippen molar-refractivity contribution < 1.29 is 4.74 Å². The summed E-state index contributed by atoms with van der Waals surface area (Å²) in [4.78, 5) is 6.83. The van der Waals surface area contributed by atoms with Crippen LogP contribution in [-0.4, -0.2) is 29.5 Å². The molecule has 0 aliphatic heterocycles. The highest BCUT2D eigenvalue weighted by molar-refractivity contribution is 6.33. The van der Waals surface area contributed by atoms with Crippen LogP contribution in [0.15, 0.2) is 36.5 Å². The summed E-state index contributed by atoms with van der Waals surface area (Å²) in [5, 5.41) is 0.496. The Balaban J connectivity index is 1.95. The largest absolute Gasteiger partial charge is 0.457 e.